The second-order valence-corrected chi connectivity index (χ2v) is 30.1. The van der Waals surface area contributed by atoms with E-state index >= 15 is 0 Å². The standard InChI is InChI=1S/C53H54ClN13O19S7/c1-28-20-41(63-66-51-29(2)34(27-55)52-58-50-30(3)48(92(80,81)82)13-12-44(50)67(52)53(51)70)45(86-14-6-7-17-89(71,72)73)24-36(28)60-64-42-23-38(57-32(5)69)40(26-47(42)88-16-9-19-91(77,78)79)62-65-43-22-37(56-31(4)68)39(25-46(43)87-15-8-18-90(74,75)76)61-59-33-10-11-35(54)49(21-33)93(83,84)85/h10-13,20-26,70H,6-9,14-19H2,1-5H3,(H,56,68)(H,57,69)(H,71,72,73)(H,74,75,76)(H,77,78,79)(H,80,81,82)(H,83,84,85). The maximum atomic E-state index is 12.9. The molecule has 0 saturated heterocycles. The summed E-state index contributed by atoms with van der Waals surface area (Å²) < 4.78 is 173. The predicted octanol–water partition coefficient (Wildman–Crippen LogP) is 12.5. The highest BCUT2D eigenvalue weighted by Crippen LogP contribution is 2.46. The largest absolute Gasteiger partial charge is 0.493 e. The average molecular weight is 1440 g/mol. The van der Waals surface area contributed by atoms with Gasteiger partial charge in [-0.15, -0.1) is 54.2 Å². The molecule has 0 saturated carbocycles. The van der Waals surface area contributed by atoms with E-state index in [2.05, 4.69) is 56.5 Å². The lowest BCUT2D eigenvalue weighted by Gasteiger charge is -2.13. The molecule has 0 aliphatic carbocycles. The number of nitrogens with one attached hydrogen (secondary N) is 2. The van der Waals surface area contributed by atoms with Crippen molar-refractivity contribution in [2.75, 3.05) is 46.0 Å². The number of imidazole rings is 1. The Morgan fingerprint density at radius 3 is 1.62 bits per heavy atom. The van der Waals surface area contributed by atoms with Gasteiger partial charge in [-0.25, -0.2) is 4.98 Å². The van der Waals surface area contributed by atoms with Crippen molar-refractivity contribution in [2.45, 2.75) is 79.9 Å². The number of nitrogens with zero attached hydrogens (tertiary/aromatic N) is 11. The van der Waals surface area contributed by atoms with Crippen molar-refractivity contribution in [1.29, 1.82) is 5.26 Å². The van der Waals surface area contributed by atoms with Gasteiger partial charge in [-0.1, -0.05) is 11.6 Å². The van der Waals surface area contributed by atoms with Crippen LogP contribution in [-0.2, 0) is 60.2 Å². The summed E-state index contributed by atoms with van der Waals surface area (Å²) in [6.07, 6.45) is -0.110. The molecule has 8 N–H and O–H groups in total. The van der Waals surface area contributed by atoms with Crippen molar-refractivity contribution >= 4 is 171 Å². The number of amides is 2. The number of fused-ring (bicyclic) bond motifs is 3. The summed E-state index contributed by atoms with van der Waals surface area (Å²) in [6.45, 7) is 6.63. The molecule has 0 fully saturated rings. The molecule has 0 spiro atoms. The Balaban J connectivity index is 1.34. The monoisotopic (exact) mass is 1440 g/mol. The van der Waals surface area contributed by atoms with E-state index in [4.69, 9.17) is 16.3 Å². The number of hydrogen-bond acceptors (Lipinski definition) is 26. The Hall–Kier alpha value is -7.98. The number of benzene rings is 5. The number of halogens is 1. The maximum absolute atomic E-state index is 12.9. The van der Waals surface area contributed by atoms with Crippen LogP contribution in [0, 0.1) is 32.1 Å². The van der Waals surface area contributed by atoms with E-state index in [0.717, 1.165) is 46.1 Å². The number of carbonyl (C=O) groups excluding carboxylic acids is 2. The van der Waals surface area contributed by atoms with Crippen LogP contribution in [0.4, 0.5) is 56.9 Å². The zero-order valence-corrected chi connectivity index (χ0v) is 55.5. The maximum Gasteiger partial charge on any atom is 0.296 e. The first-order valence-electron chi connectivity index (χ1n) is 26.7. The molecule has 0 aliphatic rings. The van der Waals surface area contributed by atoms with E-state index in [-0.39, 0.29) is 155 Å². The first-order valence-corrected chi connectivity index (χ1v) is 36.8. The highest BCUT2D eigenvalue weighted by molar-refractivity contribution is 7.99. The molecule has 0 aliphatic heterocycles. The van der Waals surface area contributed by atoms with E-state index < -0.39 is 95.3 Å². The third-order valence-electron chi connectivity index (χ3n) is 12.8. The van der Waals surface area contributed by atoms with Gasteiger partial charge in [0.15, 0.2) is 11.3 Å². The van der Waals surface area contributed by atoms with Crippen molar-refractivity contribution in [2.24, 2.45) is 40.9 Å². The first kappa shape index (κ1) is 72.4. The summed E-state index contributed by atoms with van der Waals surface area (Å²) in [4.78, 5) is 29.2. The Bertz CT molecular complexity index is 4930. The lowest BCUT2D eigenvalue weighted by atomic mass is 10.1. The molecule has 2 aromatic heterocycles. The summed E-state index contributed by atoms with van der Waals surface area (Å²) in [5.41, 5.74) is 0.185. The normalized spacial score (nSPS) is 12.7. The van der Waals surface area contributed by atoms with Crippen LogP contribution in [0.15, 0.2) is 127 Å². The van der Waals surface area contributed by atoms with Crippen LogP contribution in [0.3, 0.4) is 0 Å². The van der Waals surface area contributed by atoms with Gasteiger partial charge in [0, 0.05) is 35.3 Å². The van der Waals surface area contributed by atoms with Crippen molar-refractivity contribution in [3.8, 4) is 17.7 Å². The smallest absolute Gasteiger partial charge is 0.296 e. The Morgan fingerprint density at radius 2 is 1.11 bits per heavy atom. The number of hydrogen-bond donors (Lipinski definition) is 8. The van der Waals surface area contributed by atoms with Crippen LogP contribution in [0.5, 0.6) is 11.6 Å². The van der Waals surface area contributed by atoms with Crippen LogP contribution < -0.4 is 15.4 Å². The second-order valence-electron chi connectivity index (χ2n) is 19.9. The number of azo groups is 4. The highest BCUT2D eigenvalue weighted by atomic mass is 35.5. The van der Waals surface area contributed by atoms with E-state index in [1.807, 2.05) is 6.07 Å². The molecule has 2 heterocycles. The highest BCUT2D eigenvalue weighted by Gasteiger charge is 2.26. The van der Waals surface area contributed by atoms with Gasteiger partial charge in [0.1, 0.15) is 50.7 Å². The average Bonchev–Trinajstić information content (AvgIpc) is 1.59. The van der Waals surface area contributed by atoms with Crippen LogP contribution in [0.2, 0.25) is 5.02 Å². The van der Waals surface area contributed by atoms with Crippen LogP contribution in [-0.4, -0.2) is 127 Å². The molecule has 0 bridgehead atoms. The number of nitriles is 1. The number of anilines is 2. The number of rotatable bonds is 28. The number of aromatic nitrogens is 2. The van der Waals surface area contributed by atoms with E-state index in [1.165, 1.54) is 76.2 Å². The van der Waals surface area contributed by atoms with E-state index in [0.29, 0.717) is 5.56 Å². The van der Waals surface area contributed by atoms with Gasteiger partial charge in [-0.3, -0.25) is 36.8 Å². The Kier molecular flexibility index (Phi) is 23.3. The third-order valence-corrected chi connectivity index (χ3v) is 19.8. The molecule has 32 nitrogen and oxygen atoms in total. The van der Waals surface area contributed by atoms with Crippen LogP contribution >= 0.6 is 35.1 Å². The van der Waals surface area contributed by atoms with Crippen LogP contribution in [0.25, 0.3) is 16.7 Å². The van der Waals surface area contributed by atoms with Gasteiger partial charge in [0.2, 0.25) is 17.7 Å². The molecule has 7 aromatic rings. The molecular weight excluding hydrogens is 1380 g/mol. The molecule has 0 radical (unpaired) electrons. The second kappa shape index (κ2) is 30.0. The SMILES string of the molecule is CC(=O)Nc1cc(N=Nc2cc(SCCCS(=O)(=O)O)c(N=Nc3cc(OCCCCS(=O)(=O)O)c(N=Nc4c(C)c(C#N)c5nc6c(C)c(S(=O)(=O)O)ccc6n5c4O)cc3C)cc2NC(C)=O)c(SCCCS(=O)(=O)O)cc1N=Nc1ccc(Cl)c(S(=O)(=O)O)c1. The first-order chi connectivity index (χ1) is 43.4. The van der Waals surface area contributed by atoms with Gasteiger partial charge in [0.05, 0.1) is 67.6 Å². The lowest BCUT2D eigenvalue weighted by molar-refractivity contribution is -0.115. The summed E-state index contributed by atoms with van der Waals surface area (Å²) in [6, 6.07) is 16.1. The quantitative estimate of drug-likeness (QED) is 0.00977. The van der Waals surface area contributed by atoms with Crippen molar-refractivity contribution in [3.05, 3.63) is 94.0 Å². The molecule has 7 rings (SSSR count). The minimum absolute atomic E-state index is 0.00167. The molecule has 40 heteroatoms. The zero-order chi connectivity index (χ0) is 68.5. The fourth-order valence-electron chi connectivity index (χ4n) is 8.54. The fourth-order valence-corrected chi connectivity index (χ4v) is 14.1. The van der Waals surface area contributed by atoms with Crippen molar-refractivity contribution in [3.63, 3.8) is 0 Å². The molecular formula is C53H54ClN13O19S7. The molecule has 0 atom stereocenters. The number of aryl methyl sites for hydroxylation is 2. The van der Waals surface area contributed by atoms with Crippen molar-refractivity contribution < 1.29 is 84.3 Å². The molecule has 0 unspecified atom stereocenters. The number of aromatic hydroxyl groups is 1. The summed E-state index contributed by atoms with van der Waals surface area (Å²) >= 11 is 8.01. The zero-order valence-electron chi connectivity index (χ0n) is 49.1. The predicted molar refractivity (Wildman–Crippen MR) is 344 cm³/mol. The number of carbonyl (C=O) groups is 2. The van der Waals surface area contributed by atoms with Gasteiger partial charge >= 0.3 is 0 Å². The summed E-state index contributed by atoms with van der Waals surface area (Å²) in [5.74, 6) is -3.60. The third kappa shape index (κ3) is 19.8. The van der Waals surface area contributed by atoms with Crippen molar-refractivity contribution in [1.82, 2.24) is 9.38 Å². The molecule has 5 aromatic carbocycles. The Labute approximate surface area is 544 Å². The molecule has 494 valence electrons. The molecule has 2 amide bonds. The fraction of sp³-hybridized carbons (Fsp3) is 0.283. The number of thioether (sulfide) groups is 2. The van der Waals surface area contributed by atoms with Crippen LogP contribution in [0.1, 0.15) is 61.8 Å². The minimum Gasteiger partial charge on any atom is -0.493 e. The van der Waals surface area contributed by atoms with Gasteiger partial charge < -0.3 is 20.5 Å². The number of pyridine rings is 1. The van der Waals surface area contributed by atoms with Gasteiger partial charge in [-0.05, 0) is 130 Å². The van der Waals surface area contributed by atoms with E-state index in [1.54, 1.807) is 6.92 Å². The lowest BCUT2D eigenvalue weighted by Crippen LogP contribution is -2.06. The summed E-state index contributed by atoms with van der Waals surface area (Å²) in [5, 5.41) is 61.9. The van der Waals surface area contributed by atoms with Gasteiger partial charge in [-0.2, -0.15) is 57.6 Å². The molecule has 93 heavy (non-hydrogen) atoms. The van der Waals surface area contributed by atoms with Gasteiger partial charge in [0.25, 0.3) is 50.6 Å². The number of unbranched alkanes of at least 4 members (excludes halogenated alkanes) is 1. The minimum atomic E-state index is -4.80. The number of ether oxygens (including phenoxy) is 1. The summed E-state index contributed by atoms with van der Waals surface area (Å²) in [7, 11) is -22.6. The van der Waals surface area contributed by atoms with E-state index in [9.17, 15) is 84.8 Å². The topological polar surface area (TPSA) is 499 Å². The Morgan fingerprint density at radius 1 is 0.602 bits per heavy atom.